The quantitative estimate of drug-likeness (QED) is 0.0625. The molecule has 2 aromatic rings. The molecule has 352 valence electrons. The van der Waals surface area contributed by atoms with Gasteiger partial charge in [-0.1, -0.05) is 63.1 Å². The molecule has 2 aliphatic heterocycles. The number of carbonyl (C=O) groups is 2. The summed E-state index contributed by atoms with van der Waals surface area (Å²) in [4.78, 5) is 28.8. The van der Waals surface area contributed by atoms with E-state index in [1.54, 1.807) is 33.2 Å². The van der Waals surface area contributed by atoms with Gasteiger partial charge in [0.25, 0.3) is 0 Å². The number of cyclic esters (lactones) is 1. The predicted molar refractivity (Wildman–Crippen MR) is 231 cm³/mol. The third-order valence-electron chi connectivity index (χ3n) is 13.3. The van der Waals surface area contributed by atoms with Crippen LogP contribution in [0.1, 0.15) is 112 Å². The van der Waals surface area contributed by atoms with Crippen molar-refractivity contribution in [2.45, 2.75) is 186 Å². The van der Waals surface area contributed by atoms with Crippen LogP contribution in [0.4, 0.5) is 0 Å². The third-order valence-corrected chi connectivity index (χ3v) is 13.3. The highest BCUT2D eigenvalue weighted by Crippen LogP contribution is 2.37. The van der Waals surface area contributed by atoms with Crippen molar-refractivity contribution >= 4 is 11.9 Å². The zero-order chi connectivity index (χ0) is 46.1. The van der Waals surface area contributed by atoms with Crippen molar-refractivity contribution < 1.29 is 54.5 Å². The van der Waals surface area contributed by atoms with Crippen LogP contribution in [-0.4, -0.2) is 154 Å². The molecular weight excluding hydrogens is 801 g/mol. The van der Waals surface area contributed by atoms with Crippen LogP contribution >= 0.6 is 0 Å². The average Bonchev–Trinajstić information content (AvgIpc) is 3.70. The number of benzene rings is 1. The second-order valence-corrected chi connectivity index (χ2v) is 18.8. The summed E-state index contributed by atoms with van der Waals surface area (Å²) in [7, 11) is 3.75. The molecule has 0 radical (unpaired) electrons. The molecule has 0 bridgehead atoms. The number of esters is 1. The number of unbranched alkanes of at least 4 members (excludes halogenated alkanes) is 3. The van der Waals surface area contributed by atoms with Crippen LogP contribution in [-0.2, 0) is 36.9 Å². The van der Waals surface area contributed by atoms with Crippen molar-refractivity contribution in [1.29, 1.82) is 0 Å². The minimum atomic E-state index is -1.79. The highest BCUT2D eigenvalue weighted by atomic mass is 16.7. The van der Waals surface area contributed by atoms with Crippen LogP contribution in [0.15, 0.2) is 30.5 Å². The number of likely N-dealkylation sites (N-methyl/N-ethyl adjacent to an activating group) is 2. The maximum atomic E-state index is 13.6. The molecule has 14 atom stereocenters. The second kappa shape index (κ2) is 22.7. The van der Waals surface area contributed by atoms with E-state index >= 15 is 0 Å². The van der Waals surface area contributed by atoms with E-state index in [4.69, 9.17) is 19.4 Å². The number of hydrogen-bond acceptors (Lipinski definition) is 15. The summed E-state index contributed by atoms with van der Waals surface area (Å²) in [6.45, 7) is 15.3. The van der Waals surface area contributed by atoms with Crippen molar-refractivity contribution in [3.63, 3.8) is 0 Å². The molecule has 4 rings (SSSR count). The standard InChI is InChI=1S/C45H76N6O11/c1-11-36-45(8,58)40(55)31(6)49(9)24-27(2)23-44(7,57)41(29(4)38(53)30(5)42(56)61-36)62-43-39(54)35(22-28(3)60-43)50(10)25-32-18-15-16-19-33(32)34-26-51(48-46-34)21-17-13-12-14-20-37(52)47-59/h15-16,18-19,26-31,35-36,38-41,43,53-55,57-59H,11-14,17,20-25H2,1-10H3,(H,47,52)/t27-,28-,29+,30-,31-,35+,36-,38+,39-,40-,41-,43+,44-,45-/m1/s1. The van der Waals surface area contributed by atoms with Gasteiger partial charge in [0.05, 0.1) is 36.0 Å². The fourth-order valence-corrected chi connectivity index (χ4v) is 9.46. The fraction of sp³-hybridized carbons (Fsp3) is 0.778. The first-order valence-corrected chi connectivity index (χ1v) is 22.4. The number of ether oxygens (including phenoxy) is 3. The van der Waals surface area contributed by atoms with Gasteiger partial charge in [0, 0.05) is 49.6 Å². The number of hydroxylamine groups is 1. The Labute approximate surface area is 367 Å². The topological polar surface area (TPSA) is 232 Å². The molecule has 0 aliphatic carbocycles. The van der Waals surface area contributed by atoms with Crippen molar-refractivity contribution in [3.8, 4) is 11.3 Å². The minimum Gasteiger partial charge on any atom is -0.459 e. The maximum absolute atomic E-state index is 13.6. The number of aliphatic hydroxyl groups is 5. The SMILES string of the molecule is CC[C@H]1OC(=O)[C@H](C)[C@@H](O)[C@H](C)[C@@H](O[C@@H]2O[C@H](C)C[C@H](N(C)Cc3ccccc3-c3cn(CCCCCCC(=O)NO)nn3)[C@H]2O)[C@](C)(O)C[C@@H](C)CN(C)[C@H](C)[C@@H](O)[C@]1(C)O. The molecule has 2 fully saturated rings. The molecule has 62 heavy (non-hydrogen) atoms. The first kappa shape index (κ1) is 51.5. The zero-order valence-electron chi connectivity index (χ0n) is 38.6. The highest BCUT2D eigenvalue weighted by Gasteiger charge is 2.50. The lowest BCUT2D eigenvalue weighted by Gasteiger charge is -2.47. The lowest BCUT2D eigenvalue weighted by molar-refractivity contribution is -0.300. The van der Waals surface area contributed by atoms with Crippen molar-refractivity contribution in [3.05, 3.63) is 36.0 Å². The number of nitrogens with one attached hydrogen (secondary N) is 1. The summed E-state index contributed by atoms with van der Waals surface area (Å²) < 4.78 is 20.5. The van der Waals surface area contributed by atoms with Gasteiger partial charge in [-0.05, 0) is 92.3 Å². The smallest absolute Gasteiger partial charge is 0.311 e. The largest absolute Gasteiger partial charge is 0.459 e. The van der Waals surface area contributed by atoms with Gasteiger partial charge in [-0.3, -0.25) is 24.4 Å². The highest BCUT2D eigenvalue weighted by molar-refractivity contribution is 5.74. The molecule has 0 saturated carbocycles. The number of amides is 1. The number of hydrogen-bond donors (Lipinski definition) is 7. The molecule has 0 spiro atoms. The average molecular weight is 877 g/mol. The Hall–Kier alpha value is -3.10. The van der Waals surface area contributed by atoms with Crippen LogP contribution < -0.4 is 5.48 Å². The van der Waals surface area contributed by atoms with E-state index in [0.717, 1.165) is 36.1 Å². The Morgan fingerprint density at radius 2 is 1.71 bits per heavy atom. The van der Waals surface area contributed by atoms with Gasteiger partial charge in [0.2, 0.25) is 5.91 Å². The fourth-order valence-electron chi connectivity index (χ4n) is 9.46. The molecule has 17 heteroatoms. The van der Waals surface area contributed by atoms with E-state index in [-0.39, 0.29) is 37.2 Å². The van der Waals surface area contributed by atoms with Crippen molar-refractivity contribution in [1.82, 2.24) is 30.3 Å². The van der Waals surface area contributed by atoms with Gasteiger partial charge in [-0.25, -0.2) is 5.48 Å². The third kappa shape index (κ3) is 13.0. The molecule has 2 saturated heterocycles. The Morgan fingerprint density at radius 3 is 2.39 bits per heavy atom. The number of nitrogens with zero attached hydrogens (tertiary/aromatic N) is 5. The minimum absolute atomic E-state index is 0.164. The van der Waals surface area contributed by atoms with Crippen LogP contribution in [0.5, 0.6) is 0 Å². The molecule has 1 aromatic carbocycles. The van der Waals surface area contributed by atoms with Gasteiger partial charge < -0.3 is 44.6 Å². The number of aryl methyl sites for hydroxylation is 1. The van der Waals surface area contributed by atoms with Crippen LogP contribution in [0.25, 0.3) is 11.3 Å². The zero-order valence-corrected chi connectivity index (χ0v) is 38.6. The number of rotatable bonds is 14. The van der Waals surface area contributed by atoms with Crippen LogP contribution in [0, 0.1) is 17.8 Å². The predicted octanol–water partition coefficient (Wildman–Crippen LogP) is 3.26. The van der Waals surface area contributed by atoms with Crippen LogP contribution in [0.2, 0.25) is 0 Å². The van der Waals surface area contributed by atoms with E-state index in [1.807, 2.05) is 68.0 Å². The van der Waals surface area contributed by atoms with Crippen molar-refractivity contribution in [2.75, 3.05) is 20.6 Å². The molecule has 1 amide bonds. The first-order chi connectivity index (χ1) is 29.1. The summed E-state index contributed by atoms with van der Waals surface area (Å²) in [6.07, 6.45) is -1.12. The maximum Gasteiger partial charge on any atom is 0.311 e. The number of carbonyl (C=O) groups excluding carboxylic acids is 2. The van der Waals surface area contributed by atoms with E-state index in [2.05, 4.69) is 15.2 Å². The Bertz CT molecular complexity index is 1710. The van der Waals surface area contributed by atoms with E-state index in [9.17, 15) is 35.1 Å². The normalized spacial score (nSPS) is 35.9. The van der Waals surface area contributed by atoms with E-state index in [1.165, 1.54) is 13.8 Å². The number of aromatic nitrogens is 3. The lowest BCUT2D eigenvalue weighted by atomic mass is 9.78. The van der Waals surface area contributed by atoms with Crippen LogP contribution in [0.3, 0.4) is 0 Å². The molecular formula is C45H76N6O11. The van der Waals surface area contributed by atoms with Gasteiger partial charge >= 0.3 is 5.97 Å². The lowest BCUT2D eigenvalue weighted by Crippen LogP contribution is -2.59. The summed E-state index contributed by atoms with van der Waals surface area (Å²) in [5.74, 6) is -3.28. The van der Waals surface area contributed by atoms with Gasteiger partial charge in [0.15, 0.2) is 6.29 Å². The molecule has 3 heterocycles. The van der Waals surface area contributed by atoms with Gasteiger partial charge in [0.1, 0.15) is 29.6 Å². The van der Waals surface area contributed by atoms with Crippen molar-refractivity contribution in [2.24, 2.45) is 17.8 Å². The molecule has 17 nitrogen and oxygen atoms in total. The molecule has 2 aliphatic rings. The Morgan fingerprint density at radius 1 is 1.03 bits per heavy atom. The Balaban J connectivity index is 1.54. The Kier molecular flexibility index (Phi) is 18.9. The van der Waals surface area contributed by atoms with Gasteiger partial charge in [-0.2, -0.15) is 0 Å². The number of aliphatic hydroxyl groups excluding tert-OH is 3. The first-order valence-electron chi connectivity index (χ1n) is 22.4. The summed E-state index contributed by atoms with van der Waals surface area (Å²) in [6, 6.07) is 6.93. The molecule has 0 unspecified atom stereocenters. The monoisotopic (exact) mass is 877 g/mol. The molecule has 1 aromatic heterocycles. The van der Waals surface area contributed by atoms with Gasteiger partial charge in [-0.15, -0.1) is 5.10 Å². The van der Waals surface area contributed by atoms with E-state index < -0.39 is 77.9 Å². The summed E-state index contributed by atoms with van der Waals surface area (Å²) >= 11 is 0. The second-order valence-electron chi connectivity index (χ2n) is 18.8. The molecule has 7 N–H and O–H groups in total. The summed E-state index contributed by atoms with van der Waals surface area (Å²) in [5.41, 5.74) is 0.869. The van der Waals surface area contributed by atoms with E-state index in [0.29, 0.717) is 32.5 Å². The summed E-state index contributed by atoms with van der Waals surface area (Å²) in [5, 5.41) is 76.6.